The van der Waals surface area contributed by atoms with E-state index in [2.05, 4.69) is 5.32 Å². The van der Waals surface area contributed by atoms with Crippen molar-refractivity contribution in [2.45, 2.75) is 38.3 Å². The number of hydrogen-bond acceptors (Lipinski definition) is 5. The maximum Gasteiger partial charge on any atom is 0.407 e. The van der Waals surface area contributed by atoms with Crippen molar-refractivity contribution in [1.82, 2.24) is 10.2 Å². The molecule has 2 amide bonds. The Morgan fingerprint density at radius 2 is 2.30 bits per heavy atom. The quantitative estimate of drug-likeness (QED) is 0.758. The van der Waals surface area contributed by atoms with Gasteiger partial charge in [-0.2, -0.15) is 11.8 Å². The van der Waals surface area contributed by atoms with E-state index in [-0.39, 0.29) is 11.9 Å². The standard InChI is InChI=1S/C13H25N3O3S/c1-3-19-13(18)15-10-5-4-7-16(9-10)12(17)11(14)6-8-20-2/h10-11H,3-9,14H2,1-2H3,(H,15,18)/t10?,11-/m1/s1. The topological polar surface area (TPSA) is 84.7 Å². The third kappa shape index (κ3) is 5.58. The second kappa shape index (κ2) is 9.07. The molecule has 1 saturated heterocycles. The maximum atomic E-state index is 12.2. The van der Waals surface area contributed by atoms with E-state index in [1.165, 1.54) is 0 Å². The van der Waals surface area contributed by atoms with Gasteiger partial charge in [-0.25, -0.2) is 4.79 Å². The van der Waals surface area contributed by atoms with Gasteiger partial charge in [0.2, 0.25) is 5.91 Å². The number of alkyl carbamates (subject to hydrolysis) is 1. The lowest BCUT2D eigenvalue weighted by atomic mass is 10.0. The molecule has 1 rings (SSSR count). The Bertz CT molecular complexity index is 328. The monoisotopic (exact) mass is 303 g/mol. The molecular weight excluding hydrogens is 278 g/mol. The van der Waals surface area contributed by atoms with Crippen LogP contribution in [0.25, 0.3) is 0 Å². The van der Waals surface area contributed by atoms with Crippen LogP contribution < -0.4 is 11.1 Å². The number of amides is 2. The third-order valence-electron chi connectivity index (χ3n) is 3.28. The molecule has 1 fully saturated rings. The van der Waals surface area contributed by atoms with E-state index in [0.29, 0.717) is 26.1 Å². The minimum absolute atomic E-state index is 0.0191. The van der Waals surface area contributed by atoms with E-state index < -0.39 is 12.1 Å². The molecule has 116 valence electrons. The summed E-state index contributed by atoms with van der Waals surface area (Å²) in [6.45, 7) is 3.35. The van der Waals surface area contributed by atoms with Crippen molar-refractivity contribution in [3.63, 3.8) is 0 Å². The summed E-state index contributed by atoms with van der Waals surface area (Å²) in [6.07, 6.45) is 4.00. The van der Waals surface area contributed by atoms with E-state index in [1.807, 2.05) is 6.26 Å². The first-order valence-electron chi connectivity index (χ1n) is 7.05. The number of carbonyl (C=O) groups excluding carboxylic acids is 2. The van der Waals surface area contributed by atoms with Gasteiger partial charge < -0.3 is 20.7 Å². The zero-order valence-electron chi connectivity index (χ0n) is 12.3. The van der Waals surface area contributed by atoms with Crippen molar-refractivity contribution in [2.75, 3.05) is 31.7 Å². The fourth-order valence-corrected chi connectivity index (χ4v) is 2.73. The highest BCUT2D eigenvalue weighted by Crippen LogP contribution is 2.12. The molecule has 0 radical (unpaired) electrons. The number of carbonyl (C=O) groups is 2. The van der Waals surface area contributed by atoms with Crippen molar-refractivity contribution in [1.29, 1.82) is 0 Å². The lowest BCUT2D eigenvalue weighted by Gasteiger charge is -2.34. The fourth-order valence-electron chi connectivity index (χ4n) is 2.24. The van der Waals surface area contributed by atoms with Gasteiger partial charge in [-0.3, -0.25) is 4.79 Å². The molecule has 0 spiro atoms. The van der Waals surface area contributed by atoms with Gasteiger partial charge in [-0.1, -0.05) is 0 Å². The molecule has 1 aliphatic heterocycles. The molecule has 7 heteroatoms. The lowest BCUT2D eigenvalue weighted by molar-refractivity contribution is -0.134. The number of thioether (sulfide) groups is 1. The van der Waals surface area contributed by atoms with Gasteiger partial charge in [0.25, 0.3) is 0 Å². The first-order valence-corrected chi connectivity index (χ1v) is 8.44. The van der Waals surface area contributed by atoms with Crippen LogP contribution >= 0.6 is 11.8 Å². The largest absolute Gasteiger partial charge is 0.450 e. The van der Waals surface area contributed by atoms with Gasteiger partial charge in [0.1, 0.15) is 0 Å². The van der Waals surface area contributed by atoms with Crippen LogP contribution in [0.15, 0.2) is 0 Å². The van der Waals surface area contributed by atoms with Crippen LogP contribution in [0.3, 0.4) is 0 Å². The van der Waals surface area contributed by atoms with Crippen molar-refractivity contribution < 1.29 is 14.3 Å². The molecule has 6 nitrogen and oxygen atoms in total. The number of nitrogens with two attached hydrogens (primary N) is 1. The van der Waals surface area contributed by atoms with E-state index in [9.17, 15) is 9.59 Å². The molecule has 0 aromatic rings. The van der Waals surface area contributed by atoms with Crippen LogP contribution in [-0.2, 0) is 9.53 Å². The minimum atomic E-state index is -0.441. The second-order valence-electron chi connectivity index (χ2n) is 4.88. The number of rotatable bonds is 6. The molecule has 0 saturated carbocycles. The number of piperidine rings is 1. The Balaban J connectivity index is 2.43. The van der Waals surface area contributed by atoms with E-state index >= 15 is 0 Å². The van der Waals surface area contributed by atoms with Gasteiger partial charge in [0.15, 0.2) is 0 Å². The summed E-state index contributed by atoms with van der Waals surface area (Å²) < 4.78 is 4.86. The highest BCUT2D eigenvalue weighted by Gasteiger charge is 2.27. The molecular formula is C13H25N3O3S. The van der Waals surface area contributed by atoms with Crippen LogP contribution in [0.4, 0.5) is 4.79 Å². The number of nitrogens with zero attached hydrogens (tertiary/aromatic N) is 1. The number of ether oxygens (including phenoxy) is 1. The summed E-state index contributed by atoms with van der Waals surface area (Å²) in [5.41, 5.74) is 5.91. The van der Waals surface area contributed by atoms with Gasteiger partial charge >= 0.3 is 6.09 Å². The SMILES string of the molecule is CCOC(=O)NC1CCCN(C(=O)[C@H](N)CCSC)C1. The van der Waals surface area contributed by atoms with Gasteiger partial charge in [-0.15, -0.1) is 0 Å². The van der Waals surface area contributed by atoms with Crippen LogP contribution in [0.5, 0.6) is 0 Å². The van der Waals surface area contributed by atoms with Crippen LogP contribution in [0, 0.1) is 0 Å². The predicted molar refractivity (Wildman–Crippen MR) is 80.7 cm³/mol. The minimum Gasteiger partial charge on any atom is -0.450 e. The smallest absolute Gasteiger partial charge is 0.407 e. The van der Waals surface area contributed by atoms with Crippen molar-refractivity contribution in [2.24, 2.45) is 5.73 Å². The highest BCUT2D eigenvalue weighted by atomic mass is 32.2. The molecule has 1 heterocycles. The number of hydrogen-bond donors (Lipinski definition) is 2. The van der Waals surface area contributed by atoms with E-state index in [4.69, 9.17) is 10.5 Å². The number of likely N-dealkylation sites (tertiary alicyclic amines) is 1. The Morgan fingerprint density at radius 3 is 2.95 bits per heavy atom. The Morgan fingerprint density at radius 1 is 1.55 bits per heavy atom. The predicted octanol–water partition coefficient (Wildman–Crippen LogP) is 0.804. The average Bonchev–Trinajstić information content (AvgIpc) is 2.44. The molecule has 0 aliphatic carbocycles. The van der Waals surface area contributed by atoms with Gasteiger partial charge in [0, 0.05) is 19.1 Å². The lowest BCUT2D eigenvalue weighted by Crippen LogP contribution is -2.53. The van der Waals surface area contributed by atoms with Crippen molar-refractivity contribution in [3.05, 3.63) is 0 Å². The van der Waals surface area contributed by atoms with Crippen LogP contribution in [-0.4, -0.2) is 60.7 Å². The van der Waals surface area contributed by atoms with Crippen molar-refractivity contribution in [3.8, 4) is 0 Å². The van der Waals surface area contributed by atoms with E-state index in [0.717, 1.165) is 18.6 Å². The third-order valence-corrected chi connectivity index (χ3v) is 3.92. The number of nitrogens with one attached hydrogen (secondary N) is 1. The van der Waals surface area contributed by atoms with Crippen molar-refractivity contribution >= 4 is 23.8 Å². The zero-order chi connectivity index (χ0) is 15.0. The van der Waals surface area contributed by atoms with E-state index in [1.54, 1.807) is 23.6 Å². The molecule has 0 aromatic carbocycles. The summed E-state index contributed by atoms with van der Waals surface area (Å²) in [4.78, 5) is 25.4. The summed E-state index contributed by atoms with van der Waals surface area (Å²) in [7, 11) is 0. The molecule has 2 atom stereocenters. The Kier molecular flexibility index (Phi) is 7.76. The molecule has 0 aromatic heterocycles. The second-order valence-corrected chi connectivity index (χ2v) is 5.86. The summed E-state index contributed by atoms with van der Waals surface area (Å²) in [5, 5.41) is 2.79. The van der Waals surface area contributed by atoms with Crippen LogP contribution in [0.1, 0.15) is 26.2 Å². The Hall–Kier alpha value is -0.950. The van der Waals surface area contributed by atoms with Gasteiger partial charge in [-0.05, 0) is 38.2 Å². The Labute approximate surface area is 124 Å². The first kappa shape index (κ1) is 17.1. The first-order chi connectivity index (χ1) is 9.58. The molecule has 1 aliphatic rings. The van der Waals surface area contributed by atoms with Gasteiger partial charge in [0.05, 0.1) is 12.6 Å². The molecule has 20 heavy (non-hydrogen) atoms. The summed E-state index contributed by atoms with van der Waals surface area (Å²) >= 11 is 1.68. The normalized spacial score (nSPS) is 20.4. The van der Waals surface area contributed by atoms with Crippen LogP contribution in [0.2, 0.25) is 0 Å². The summed E-state index contributed by atoms with van der Waals surface area (Å²) in [5.74, 6) is 0.861. The summed E-state index contributed by atoms with van der Waals surface area (Å²) in [6, 6.07) is -0.483. The average molecular weight is 303 g/mol. The maximum absolute atomic E-state index is 12.2. The highest BCUT2D eigenvalue weighted by molar-refractivity contribution is 7.98. The fraction of sp³-hybridized carbons (Fsp3) is 0.846. The molecule has 1 unspecified atom stereocenters. The zero-order valence-corrected chi connectivity index (χ0v) is 13.1. The molecule has 3 N–H and O–H groups in total. The molecule has 0 bridgehead atoms.